The summed E-state index contributed by atoms with van der Waals surface area (Å²) in [6, 6.07) is 15.5. The molecule has 4 nitrogen and oxygen atoms in total. The minimum atomic E-state index is -0.459. The minimum Gasteiger partial charge on any atom is -0.313 e. The summed E-state index contributed by atoms with van der Waals surface area (Å²) in [7, 11) is 1.56. The van der Waals surface area contributed by atoms with E-state index < -0.39 is 5.82 Å². The van der Waals surface area contributed by atoms with Gasteiger partial charge < -0.3 is 4.90 Å². The molecule has 1 heterocycles. The van der Waals surface area contributed by atoms with Gasteiger partial charge in [0.15, 0.2) is 5.78 Å². The van der Waals surface area contributed by atoms with Gasteiger partial charge in [0.05, 0.1) is 5.69 Å². The number of hydrogen-bond donors (Lipinski definition) is 0. The fourth-order valence-electron chi connectivity index (χ4n) is 2.97. The molecule has 3 aromatic rings. The molecule has 0 radical (unpaired) electrons. The molecule has 28 heavy (non-hydrogen) atoms. The highest BCUT2D eigenvalue weighted by molar-refractivity contribution is 5.98. The van der Waals surface area contributed by atoms with Crippen LogP contribution in [0.1, 0.15) is 29.3 Å². The highest BCUT2D eigenvalue weighted by Crippen LogP contribution is 2.27. The molecule has 142 valence electrons. The summed E-state index contributed by atoms with van der Waals surface area (Å²) in [4.78, 5) is 29.5. The van der Waals surface area contributed by atoms with E-state index in [9.17, 15) is 14.0 Å². The summed E-state index contributed by atoms with van der Waals surface area (Å²) in [5.41, 5.74) is 3.25. The van der Waals surface area contributed by atoms with Crippen LogP contribution in [-0.4, -0.2) is 23.7 Å². The lowest BCUT2D eigenvalue weighted by Gasteiger charge is -2.17. The number of rotatable bonds is 6. The van der Waals surface area contributed by atoms with Crippen molar-refractivity contribution in [2.45, 2.75) is 19.8 Å². The van der Waals surface area contributed by atoms with Crippen LogP contribution in [0.2, 0.25) is 0 Å². The molecule has 0 aliphatic carbocycles. The van der Waals surface area contributed by atoms with E-state index >= 15 is 0 Å². The number of halogens is 1. The summed E-state index contributed by atoms with van der Waals surface area (Å²) in [5.74, 6) is -0.595. The number of anilines is 1. The van der Waals surface area contributed by atoms with Crippen LogP contribution in [0, 0.1) is 5.82 Å². The van der Waals surface area contributed by atoms with Crippen molar-refractivity contribution in [1.82, 2.24) is 4.98 Å². The molecule has 5 heteroatoms. The maximum atomic E-state index is 14.5. The Labute approximate surface area is 163 Å². The average molecular weight is 376 g/mol. The van der Waals surface area contributed by atoms with Gasteiger partial charge in [0.25, 0.3) is 0 Å². The molecule has 0 aliphatic rings. The van der Waals surface area contributed by atoms with Gasteiger partial charge in [0.1, 0.15) is 5.82 Å². The third-order valence-electron chi connectivity index (χ3n) is 4.64. The lowest BCUT2D eigenvalue weighted by molar-refractivity contribution is -0.118. The van der Waals surface area contributed by atoms with Crippen LogP contribution in [0.15, 0.2) is 67.0 Å². The van der Waals surface area contributed by atoms with Crippen molar-refractivity contribution in [1.29, 1.82) is 0 Å². The van der Waals surface area contributed by atoms with E-state index in [1.54, 1.807) is 62.8 Å². The molecule has 0 atom stereocenters. The third kappa shape index (κ3) is 4.31. The summed E-state index contributed by atoms with van der Waals surface area (Å²) < 4.78 is 14.5. The van der Waals surface area contributed by atoms with Gasteiger partial charge in [-0.3, -0.25) is 14.6 Å². The van der Waals surface area contributed by atoms with E-state index in [4.69, 9.17) is 0 Å². The van der Waals surface area contributed by atoms with Gasteiger partial charge in [-0.1, -0.05) is 37.3 Å². The number of hydrogen-bond acceptors (Lipinski definition) is 3. The quantitative estimate of drug-likeness (QED) is 0.587. The molecular formula is C23H21FN2O2. The molecule has 0 aliphatic heterocycles. The average Bonchev–Trinajstić information content (AvgIpc) is 2.73. The number of amides is 1. The van der Waals surface area contributed by atoms with Gasteiger partial charge in [-0.15, -0.1) is 0 Å². The standard InChI is InChI=1S/C23H21FN2O2/c1-3-23(28)26(2)21-9-8-19(15-20(21)24)17-4-6-18(7-5-17)22(27)14-16-10-12-25-13-11-16/h4-13,15H,3,14H2,1-2H3. The van der Waals surface area contributed by atoms with E-state index in [-0.39, 0.29) is 17.4 Å². The lowest BCUT2D eigenvalue weighted by atomic mass is 9.99. The Morgan fingerprint density at radius 2 is 1.61 bits per heavy atom. The van der Waals surface area contributed by atoms with Crippen LogP contribution in [0.4, 0.5) is 10.1 Å². The Balaban J connectivity index is 1.77. The van der Waals surface area contributed by atoms with Crippen LogP contribution in [-0.2, 0) is 11.2 Å². The Kier molecular flexibility index (Phi) is 5.94. The number of Topliss-reactive ketones (excluding diaryl/α,β-unsaturated/α-hetero) is 1. The number of aromatic nitrogens is 1. The molecule has 0 N–H and O–H groups in total. The molecule has 0 saturated carbocycles. The van der Waals surface area contributed by atoms with Crippen molar-refractivity contribution in [3.05, 3.63) is 83.9 Å². The van der Waals surface area contributed by atoms with E-state index in [1.807, 2.05) is 12.1 Å². The van der Waals surface area contributed by atoms with Crippen LogP contribution in [0.3, 0.4) is 0 Å². The molecule has 0 spiro atoms. The first-order valence-corrected chi connectivity index (χ1v) is 9.08. The Hall–Kier alpha value is -3.34. The van der Waals surface area contributed by atoms with Crippen molar-refractivity contribution in [3.63, 3.8) is 0 Å². The van der Waals surface area contributed by atoms with Gasteiger partial charge in [-0.05, 0) is 41.0 Å². The number of pyridine rings is 1. The summed E-state index contributed by atoms with van der Waals surface area (Å²) in [5, 5.41) is 0. The Morgan fingerprint density at radius 1 is 0.964 bits per heavy atom. The SMILES string of the molecule is CCC(=O)N(C)c1ccc(-c2ccc(C(=O)Cc3ccncc3)cc2)cc1F. The first-order chi connectivity index (χ1) is 13.5. The van der Waals surface area contributed by atoms with Crippen molar-refractivity contribution in [3.8, 4) is 11.1 Å². The molecule has 0 unspecified atom stereocenters. The van der Waals surface area contributed by atoms with Gasteiger partial charge >= 0.3 is 0 Å². The molecule has 0 bridgehead atoms. The van der Waals surface area contributed by atoms with Crippen molar-refractivity contribution < 1.29 is 14.0 Å². The summed E-state index contributed by atoms with van der Waals surface area (Å²) in [6.45, 7) is 1.74. The molecule has 0 fully saturated rings. The highest BCUT2D eigenvalue weighted by atomic mass is 19.1. The zero-order valence-corrected chi connectivity index (χ0v) is 15.9. The maximum absolute atomic E-state index is 14.5. The number of nitrogens with zero attached hydrogens (tertiary/aromatic N) is 2. The van der Waals surface area contributed by atoms with Crippen molar-refractivity contribution in [2.75, 3.05) is 11.9 Å². The maximum Gasteiger partial charge on any atom is 0.226 e. The highest BCUT2D eigenvalue weighted by Gasteiger charge is 2.14. The van der Waals surface area contributed by atoms with Crippen LogP contribution >= 0.6 is 0 Å². The van der Waals surface area contributed by atoms with Gasteiger partial charge in [-0.2, -0.15) is 0 Å². The first-order valence-electron chi connectivity index (χ1n) is 9.08. The topological polar surface area (TPSA) is 50.3 Å². The van der Waals surface area contributed by atoms with Gasteiger partial charge in [0.2, 0.25) is 5.91 Å². The fraction of sp³-hybridized carbons (Fsp3) is 0.174. The third-order valence-corrected chi connectivity index (χ3v) is 4.64. The van der Waals surface area contributed by atoms with E-state index in [0.29, 0.717) is 24.0 Å². The number of carbonyl (C=O) groups excluding carboxylic acids is 2. The van der Waals surface area contributed by atoms with E-state index in [0.717, 1.165) is 11.1 Å². The monoisotopic (exact) mass is 376 g/mol. The summed E-state index contributed by atoms with van der Waals surface area (Å²) in [6.07, 6.45) is 3.94. The number of ketones is 1. The second-order valence-corrected chi connectivity index (χ2v) is 6.51. The Bertz CT molecular complexity index is 985. The zero-order valence-electron chi connectivity index (χ0n) is 15.9. The molecular weight excluding hydrogens is 355 g/mol. The predicted molar refractivity (Wildman–Crippen MR) is 108 cm³/mol. The summed E-state index contributed by atoms with van der Waals surface area (Å²) >= 11 is 0. The van der Waals surface area contributed by atoms with Crippen molar-refractivity contribution >= 4 is 17.4 Å². The number of benzene rings is 2. The van der Waals surface area contributed by atoms with E-state index in [2.05, 4.69) is 4.98 Å². The van der Waals surface area contributed by atoms with Gasteiger partial charge in [-0.25, -0.2) is 4.39 Å². The molecule has 2 aromatic carbocycles. The first kappa shape index (κ1) is 19.4. The molecule has 3 rings (SSSR count). The van der Waals surface area contributed by atoms with Crippen LogP contribution in [0.25, 0.3) is 11.1 Å². The largest absolute Gasteiger partial charge is 0.313 e. The zero-order chi connectivity index (χ0) is 20.1. The molecule has 1 aromatic heterocycles. The Morgan fingerprint density at radius 3 is 2.21 bits per heavy atom. The van der Waals surface area contributed by atoms with Crippen molar-refractivity contribution in [2.24, 2.45) is 0 Å². The smallest absolute Gasteiger partial charge is 0.226 e. The van der Waals surface area contributed by atoms with Crippen LogP contribution in [0.5, 0.6) is 0 Å². The second-order valence-electron chi connectivity index (χ2n) is 6.51. The predicted octanol–water partition coefficient (Wildman–Crippen LogP) is 4.69. The van der Waals surface area contributed by atoms with Gasteiger partial charge in [0, 0.05) is 37.8 Å². The van der Waals surface area contributed by atoms with E-state index in [1.165, 1.54) is 11.0 Å². The van der Waals surface area contributed by atoms with Crippen LogP contribution < -0.4 is 4.90 Å². The lowest BCUT2D eigenvalue weighted by Crippen LogP contribution is -2.25. The normalized spacial score (nSPS) is 10.5. The fourth-order valence-corrected chi connectivity index (χ4v) is 2.97. The molecule has 0 saturated heterocycles. The number of carbonyl (C=O) groups is 2. The minimum absolute atomic E-state index is 0.0129. The second kappa shape index (κ2) is 8.57. The molecule has 1 amide bonds.